The summed E-state index contributed by atoms with van der Waals surface area (Å²) in [7, 11) is 1.63. The first kappa shape index (κ1) is 11.2. The van der Waals surface area contributed by atoms with Crippen molar-refractivity contribution in [3.05, 3.63) is 29.2 Å². The van der Waals surface area contributed by atoms with Crippen LogP contribution in [0.4, 0.5) is 0 Å². The SMILES string of the molecule is COc1nccc2c(-c3sc(C)nc3C)c[nH]c12. The summed E-state index contributed by atoms with van der Waals surface area (Å²) in [5.74, 6) is 0.623. The van der Waals surface area contributed by atoms with E-state index in [1.165, 1.54) is 4.88 Å². The minimum Gasteiger partial charge on any atom is -0.479 e. The van der Waals surface area contributed by atoms with Crippen molar-refractivity contribution in [1.82, 2.24) is 15.0 Å². The molecule has 1 N–H and O–H groups in total. The molecule has 0 bridgehead atoms. The molecule has 0 aliphatic heterocycles. The van der Waals surface area contributed by atoms with Gasteiger partial charge in [-0.3, -0.25) is 0 Å². The van der Waals surface area contributed by atoms with Crippen molar-refractivity contribution in [1.29, 1.82) is 0 Å². The normalized spacial score (nSPS) is 11.1. The Labute approximate surface area is 109 Å². The summed E-state index contributed by atoms with van der Waals surface area (Å²) < 4.78 is 5.26. The molecule has 0 radical (unpaired) electrons. The molecule has 0 unspecified atom stereocenters. The molecule has 0 atom stereocenters. The van der Waals surface area contributed by atoms with Crippen molar-refractivity contribution in [3.63, 3.8) is 0 Å². The zero-order valence-corrected chi connectivity index (χ0v) is 11.3. The van der Waals surface area contributed by atoms with Gasteiger partial charge in [0.05, 0.1) is 22.7 Å². The Bertz CT molecular complexity index is 714. The van der Waals surface area contributed by atoms with E-state index in [9.17, 15) is 0 Å². The van der Waals surface area contributed by atoms with Crippen LogP contribution in [-0.4, -0.2) is 22.1 Å². The van der Waals surface area contributed by atoms with Crippen molar-refractivity contribution in [2.75, 3.05) is 7.11 Å². The average Bonchev–Trinajstić information content (AvgIpc) is 2.91. The largest absolute Gasteiger partial charge is 0.479 e. The van der Waals surface area contributed by atoms with Crippen LogP contribution in [0.5, 0.6) is 5.88 Å². The second-order valence-electron chi connectivity index (χ2n) is 4.09. The summed E-state index contributed by atoms with van der Waals surface area (Å²) in [6, 6.07) is 2.00. The number of methoxy groups -OCH3 is 1. The van der Waals surface area contributed by atoms with E-state index in [0.29, 0.717) is 5.88 Å². The molecule has 0 saturated heterocycles. The highest BCUT2D eigenvalue weighted by Crippen LogP contribution is 2.36. The molecular formula is C13H13N3OS. The summed E-state index contributed by atoms with van der Waals surface area (Å²) >= 11 is 1.71. The molecule has 92 valence electrons. The number of thiazole rings is 1. The van der Waals surface area contributed by atoms with Crippen molar-refractivity contribution < 1.29 is 4.74 Å². The smallest absolute Gasteiger partial charge is 0.238 e. The number of hydrogen-bond acceptors (Lipinski definition) is 4. The molecule has 0 aliphatic carbocycles. The van der Waals surface area contributed by atoms with Crippen LogP contribution in [0.25, 0.3) is 21.3 Å². The summed E-state index contributed by atoms with van der Waals surface area (Å²) in [5, 5.41) is 2.20. The fourth-order valence-electron chi connectivity index (χ4n) is 2.15. The first-order valence-electron chi connectivity index (χ1n) is 5.65. The van der Waals surface area contributed by atoms with Crippen molar-refractivity contribution >= 4 is 22.2 Å². The molecule has 3 heterocycles. The zero-order chi connectivity index (χ0) is 12.7. The lowest BCUT2D eigenvalue weighted by Gasteiger charge is -2.00. The third-order valence-electron chi connectivity index (χ3n) is 2.91. The maximum atomic E-state index is 5.26. The number of pyridine rings is 1. The average molecular weight is 259 g/mol. The molecule has 0 aliphatic rings. The lowest BCUT2D eigenvalue weighted by Crippen LogP contribution is -1.87. The van der Waals surface area contributed by atoms with Crippen molar-refractivity contribution in [3.8, 4) is 16.3 Å². The number of rotatable bonds is 2. The second-order valence-corrected chi connectivity index (χ2v) is 5.30. The van der Waals surface area contributed by atoms with Crippen LogP contribution in [0.3, 0.4) is 0 Å². The predicted octanol–water partition coefficient (Wildman–Crippen LogP) is 3.31. The number of aromatic amines is 1. The first-order valence-corrected chi connectivity index (χ1v) is 6.47. The van der Waals surface area contributed by atoms with Crippen LogP contribution in [0, 0.1) is 13.8 Å². The number of aromatic nitrogens is 3. The van der Waals surface area contributed by atoms with Crippen LogP contribution in [-0.2, 0) is 0 Å². The highest BCUT2D eigenvalue weighted by molar-refractivity contribution is 7.15. The topological polar surface area (TPSA) is 50.8 Å². The number of aryl methyl sites for hydroxylation is 2. The highest BCUT2D eigenvalue weighted by atomic mass is 32.1. The van der Waals surface area contributed by atoms with Gasteiger partial charge in [0.1, 0.15) is 5.52 Å². The molecule has 0 amide bonds. The van der Waals surface area contributed by atoms with Gasteiger partial charge < -0.3 is 9.72 Å². The standard InChI is InChI=1S/C13H13N3OS/c1-7-12(18-8(2)16-7)10-6-15-11-9(10)4-5-14-13(11)17-3/h4-6,15H,1-3H3. The Morgan fingerprint density at radius 2 is 2.17 bits per heavy atom. The Morgan fingerprint density at radius 1 is 1.33 bits per heavy atom. The minimum atomic E-state index is 0.623. The van der Waals surface area contributed by atoms with Gasteiger partial charge in [-0.15, -0.1) is 11.3 Å². The molecule has 3 aromatic heterocycles. The summed E-state index contributed by atoms with van der Waals surface area (Å²) in [4.78, 5) is 13.1. The summed E-state index contributed by atoms with van der Waals surface area (Å²) in [6.07, 6.45) is 3.76. The van der Waals surface area contributed by atoms with Gasteiger partial charge in [-0.05, 0) is 19.9 Å². The second kappa shape index (κ2) is 4.10. The monoisotopic (exact) mass is 259 g/mol. The van der Waals surface area contributed by atoms with Gasteiger partial charge in [-0.25, -0.2) is 9.97 Å². The van der Waals surface area contributed by atoms with Gasteiger partial charge in [-0.1, -0.05) is 0 Å². The fraction of sp³-hybridized carbons (Fsp3) is 0.231. The van der Waals surface area contributed by atoms with Crippen molar-refractivity contribution in [2.45, 2.75) is 13.8 Å². The molecule has 0 saturated carbocycles. The molecule has 18 heavy (non-hydrogen) atoms. The third kappa shape index (κ3) is 1.59. The van der Waals surface area contributed by atoms with E-state index >= 15 is 0 Å². The Hall–Kier alpha value is -1.88. The van der Waals surface area contributed by atoms with Gasteiger partial charge in [0.15, 0.2) is 0 Å². The number of nitrogens with zero attached hydrogens (tertiary/aromatic N) is 2. The van der Waals surface area contributed by atoms with Gasteiger partial charge >= 0.3 is 0 Å². The van der Waals surface area contributed by atoms with E-state index < -0.39 is 0 Å². The molecule has 3 aromatic rings. The van der Waals surface area contributed by atoms with E-state index in [2.05, 4.69) is 15.0 Å². The van der Waals surface area contributed by atoms with Crippen LogP contribution in [0.1, 0.15) is 10.7 Å². The van der Waals surface area contributed by atoms with E-state index in [0.717, 1.165) is 27.2 Å². The Balaban J connectivity index is 2.28. The quantitative estimate of drug-likeness (QED) is 0.768. The molecule has 0 fully saturated rings. The van der Waals surface area contributed by atoms with Gasteiger partial charge in [-0.2, -0.15) is 0 Å². The van der Waals surface area contributed by atoms with Gasteiger partial charge in [0.2, 0.25) is 5.88 Å². The van der Waals surface area contributed by atoms with Crippen LogP contribution >= 0.6 is 11.3 Å². The number of ether oxygens (including phenoxy) is 1. The minimum absolute atomic E-state index is 0.623. The van der Waals surface area contributed by atoms with Gasteiger partial charge in [0, 0.05) is 23.3 Å². The van der Waals surface area contributed by atoms with Gasteiger partial charge in [0.25, 0.3) is 0 Å². The number of fused-ring (bicyclic) bond motifs is 1. The lowest BCUT2D eigenvalue weighted by atomic mass is 10.1. The van der Waals surface area contributed by atoms with E-state index in [1.807, 2.05) is 26.1 Å². The lowest BCUT2D eigenvalue weighted by molar-refractivity contribution is 0.402. The number of hydrogen-bond donors (Lipinski definition) is 1. The van der Waals surface area contributed by atoms with E-state index in [4.69, 9.17) is 4.74 Å². The number of nitrogens with one attached hydrogen (secondary N) is 1. The molecule has 0 aromatic carbocycles. The zero-order valence-electron chi connectivity index (χ0n) is 10.4. The summed E-state index contributed by atoms with van der Waals surface area (Å²) in [6.45, 7) is 4.06. The fourth-order valence-corrected chi connectivity index (χ4v) is 3.10. The van der Waals surface area contributed by atoms with E-state index in [1.54, 1.807) is 24.6 Å². The van der Waals surface area contributed by atoms with Crippen LogP contribution in [0.2, 0.25) is 0 Å². The van der Waals surface area contributed by atoms with Crippen LogP contribution in [0.15, 0.2) is 18.5 Å². The number of H-pyrrole nitrogens is 1. The predicted molar refractivity (Wildman–Crippen MR) is 73.2 cm³/mol. The Morgan fingerprint density at radius 3 is 2.83 bits per heavy atom. The maximum Gasteiger partial charge on any atom is 0.238 e. The van der Waals surface area contributed by atoms with E-state index in [-0.39, 0.29) is 0 Å². The molecule has 5 heteroatoms. The van der Waals surface area contributed by atoms with Crippen LogP contribution < -0.4 is 4.74 Å². The Kier molecular flexibility index (Phi) is 2.56. The molecule has 3 rings (SSSR count). The first-order chi connectivity index (χ1) is 8.70. The molecule has 4 nitrogen and oxygen atoms in total. The maximum absolute atomic E-state index is 5.26. The molecule has 0 spiro atoms. The summed E-state index contributed by atoms with van der Waals surface area (Å²) in [5.41, 5.74) is 3.16. The van der Waals surface area contributed by atoms with Crippen molar-refractivity contribution in [2.24, 2.45) is 0 Å². The highest BCUT2D eigenvalue weighted by Gasteiger charge is 2.14. The third-order valence-corrected chi connectivity index (χ3v) is 4.01. The molecular weight excluding hydrogens is 246 g/mol.